The lowest BCUT2D eigenvalue weighted by molar-refractivity contribution is -0.153. The number of anilines is 2. The first-order valence-electron chi connectivity index (χ1n) is 13.0. The van der Waals surface area contributed by atoms with E-state index < -0.39 is 36.5 Å². The molecule has 2 N–H and O–H groups in total. The van der Waals surface area contributed by atoms with Crippen molar-refractivity contribution < 1.29 is 38.2 Å². The molecule has 14 heteroatoms. The molecule has 0 spiro atoms. The molecular formula is C27H33ClN4O8S. The van der Waals surface area contributed by atoms with Crippen molar-refractivity contribution in [1.29, 1.82) is 0 Å². The van der Waals surface area contributed by atoms with Crippen LogP contribution in [-0.4, -0.2) is 86.8 Å². The van der Waals surface area contributed by atoms with Gasteiger partial charge in [-0.25, -0.2) is 4.79 Å². The number of carbonyl (C=O) groups excluding carboxylic acids is 5. The molecule has 12 nitrogen and oxygen atoms in total. The Morgan fingerprint density at radius 1 is 1.12 bits per heavy atom. The molecule has 1 atom stereocenters. The number of nitrogens with zero attached hydrogens (tertiary/aromatic N) is 3. The van der Waals surface area contributed by atoms with Crippen LogP contribution < -0.4 is 15.5 Å². The highest BCUT2D eigenvalue weighted by molar-refractivity contribution is 7.18. The van der Waals surface area contributed by atoms with Crippen LogP contribution in [0.2, 0.25) is 4.34 Å². The number of amides is 4. The van der Waals surface area contributed by atoms with Gasteiger partial charge in [-0.2, -0.15) is 0 Å². The molecule has 2 heterocycles. The van der Waals surface area contributed by atoms with E-state index in [1.165, 1.54) is 17.0 Å². The maximum atomic E-state index is 13.1. The van der Waals surface area contributed by atoms with Crippen LogP contribution in [0.1, 0.15) is 30.4 Å². The molecule has 1 unspecified atom stereocenters. The third-order valence-electron chi connectivity index (χ3n) is 6.19. The van der Waals surface area contributed by atoms with Crippen LogP contribution in [0.15, 0.2) is 36.4 Å². The van der Waals surface area contributed by atoms with Gasteiger partial charge in [-0.1, -0.05) is 25.4 Å². The van der Waals surface area contributed by atoms with Crippen molar-refractivity contribution in [3.05, 3.63) is 45.6 Å². The van der Waals surface area contributed by atoms with Crippen molar-refractivity contribution in [1.82, 2.24) is 4.90 Å². The Morgan fingerprint density at radius 3 is 2.41 bits per heavy atom. The van der Waals surface area contributed by atoms with Gasteiger partial charge in [0.05, 0.1) is 22.4 Å². The average Bonchev–Trinajstić information content (AvgIpc) is 3.40. The van der Waals surface area contributed by atoms with Gasteiger partial charge in [-0.3, -0.25) is 29.0 Å². The first-order valence-corrected chi connectivity index (χ1v) is 14.2. The van der Waals surface area contributed by atoms with Gasteiger partial charge in [0.2, 0.25) is 0 Å². The standard InChI is InChI=1S/C27H33ClN4O8S/c1-4-30(18-5-7-19(8-6-18)31-11-13-38-15-22(31)33)27(37)39-14-12-32(25(35)20-9-10-21(28)41-20)23(34)16-40-26(36)24(29)17(2)3/h5-10,17,24H,4,11-16,29H2,1-3H3. The summed E-state index contributed by atoms with van der Waals surface area (Å²) in [6.07, 6.45) is -0.698. The van der Waals surface area contributed by atoms with Crippen molar-refractivity contribution in [2.45, 2.75) is 26.8 Å². The SMILES string of the molecule is CCN(C(=O)OCCN(C(=O)COC(=O)C(N)C(C)C)C(=O)c1ccc(Cl)s1)c1ccc(N2CCOCC2=O)cc1. The van der Waals surface area contributed by atoms with Crippen molar-refractivity contribution in [2.24, 2.45) is 11.7 Å². The Hall–Kier alpha value is -3.52. The number of thiophene rings is 1. The summed E-state index contributed by atoms with van der Waals surface area (Å²) < 4.78 is 15.9. The molecule has 1 aromatic heterocycles. The number of ether oxygens (including phenoxy) is 3. The Morgan fingerprint density at radius 2 is 1.83 bits per heavy atom. The summed E-state index contributed by atoms with van der Waals surface area (Å²) in [5, 5.41) is 0. The second-order valence-corrected chi connectivity index (χ2v) is 11.0. The van der Waals surface area contributed by atoms with E-state index in [9.17, 15) is 24.0 Å². The summed E-state index contributed by atoms with van der Waals surface area (Å²) in [5.41, 5.74) is 6.99. The van der Waals surface area contributed by atoms with Crippen LogP contribution in [-0.2, 0) is 28.6 Å². The Kier molecular flexibility index (Phi) is 11.6. The van der Waals surface area contributed by atoms with Crippen LogP contribution in [0.3, 0.4) is 0 Å². The predicted octanol–water partition coefficient (Wildman–Crippen LogP) is 2.92. The average molecular weight is 609 g/mol. The third-order valence-corrected chi connectivity index (χ3v) is 7.41. The second kappa shape index (κ2) is 14.9. The maximum Gasteiger partial charge on any atom is 0.414 e. The number of esters is 1. The van der Waals surface area contributed by atoms with Gasteiger partial charge in [0.1, 0.15) is 19.3 Å². The zero-order chi connectivity index (χ0) is 30.1. The van der Waals surface area contributed by atoms with Gasteiger partial charge >= 0.3 is 12.1 Å². The fraction of sp³-hybridized carbons (Fsp3) is 0.444. The molecule has 0 radical (unpaired) electrons. The molecule has 0 aliphatic carbocycles. The highest BCUT2D eigenvalue weighted by Crippen LogP contribution is 2.24. The summed E-state index contributed by atoms with van der Waals surface area (Å²) in [7, 11) is 0. The summed E-state index contributed by atoms with van der Waals surface area (Å²) in [6, 6.07) is 8.90. The lowest BCUT2D eigenvalue weighted by atomic mass is 10.1. The number of hydrogen-bond donors (Lipinski definition) is 1. The first kappa shape index (κ1) is 32.0. The Labute approximate surface area is 246 Å². The molecule has 3 rings (SSSR count). The monoisotopic (exact) mass is 608 g/mol. The van der Waals surface area contributed by atoms with Crippen LogP contribution in [0.4, 0.5) is 16.2 Å². The normalized spacial score (nSPS) is 14.0. The van der Waals surface area contributed by atoms with Crippen LogP contribution in [0.25, 0.3) is 0 Å². The van der Waals surface area contributed by atoms with Gasteiger partial charge in [-0.15, -0.1) is 11.3 Å². The molecule has 0 saturated carbocycles. The number of rotatable bonds is 11. The molecule has 0 bridgehead atoms. The zero-order valence-electron chi connectivity index (χ0n) is 23.0. The molecule has 4 amide bonds. The quantitative estimate of drug-likeness (QED) is 0.380. The van der Waals surface area contributed by atoms with Crippen molar-refractivity contribution in [3.63, 3.8) is 0 Å². The van der Waals surface area contributed by atoms with Gasteiger partial charge in [-0.05, 0) is 49.2 Å². The third kappa shape index (κ3) is 8.49. The van der Waals surface area contributed by atoms with E-state index in [0.717, 1.165) is 16.2 Å². The Balaban J connectivity index is 1.64. The Bertz CT molecular complexity index is 1250. The van der Waals surface area contributed by atoms with Crippen molar-refractivity contribution >= 4 is 64.1 Å². The predicted molar refractivity (Wildman–Crippen MR) is 153 cm³/mol. The van der Waals surface area contributed by atoms with Crippen LogP contribution >= 0.6 is 22.9 Å². The fourth-order valence-electron chi connectivity index (χ4n) is 3.80. The summed E-state index contributed by atoms with van der Waals surface area (Å²) >= 11 is 6.93. The highest BCUT2D eigenvalue weighted by Gasteiger charge is 2.28. The largest absolute Gasteiger partial charge is 0.454 e. The number of benzene rings is 1. The molecule has 41 heavy (non-hydrogen) atoms. The van der Waals surface area contributed by atoms with Crippen LogP contribution in [0, 0.1) is 5.92 Å². The van der Waals surface area contributed by atoms with Crippen molar-refractivity contribution in [2.75, 3.05) is 55.9 Å². The molecule has 1 aliphatic heterocycles. The lowest BCUT2D eigenvalue weighted by Gasteiger charge is -2.27. The minimum absolute atomic E-state index is 0.0185. The van der Waals surface area contributed by atoms with Gasteiger partial charge < -0.3 is 24.8 Å². The lowest BCUT2D eigenvalue weighted by Crippen LogP contribution is -2.44. The van der Waals surface area contributed by atoms with Crippen molar-refractivity contribution in [3.8, 4) is 0 Å². The summed E-state index contributed by atoms with van der Waals surface area (Å²) in [5.74, 6) is -2.60. The van der Waals surface area contributed by atoms with E-state index in [1.54, 1.807) is 49.9 Å². The maximum absolute atomic E-state index is 13.1. The van der Waals surface area contributed by atoms with E-state index >= 15 is 0 Å². The van der Waals surface area contributed by atoms with Gasteiger partial charge in [0.25, 0.3) is 17.7 Å². The zero-order valence-corrected chi connectivity index (χ0v) is 24.6. The minimum atomic E-state index is -0.924. The van der Waals surface area contributed by atoms with Crippen LogP contribution in [0.5, 0.6) is 0 Å². The summed E-state index contributed by atoms with van der Waals surface area (Å²) in [6.45, 7) is 5.08. The van der Waals surface area contributed by atoms with E-state index in [-0.39, 0.29) is 43.0 Å². The smallest absolute Gasteiger partial charge is 0.414 e. The number of nitrogens with two attached hydrogens (primary N) is 1. The molecule has 1 fully saturated rings. The fourth-order valence-corrected chi connectivity index (χ4v) is 4.80. The molecule has 1 aliphatic rings. The van der Waals surface area contributed by atoms with E-state index in [1.807, 2.05) is 0 Å². The van der Waals surface area contributed by atoms with E-state index in [0.29, 0.717) is 28.9 Å². The number of morpholine rings is 1. The van der Waals surface area contributed by atoms with Gasteiger partial charge in [0.15, 0.2) is 6.61 Å². The number of hydrogen-bond acceptors (Lipinski definition) is 10. The first-order chi connectivity index (χ1) is 19.5. The summed E-state index contributed by atoms with van der Waals surface area (Å²) in [4.78, 5) is 67.1. The van der Waals surface area contributed by atoms with E-state index in [2.05, 4.69) is 0 Å². The topological polar surface area (TPSA) is 149 Å². The molecule has 1 aromatic carbocycles. The second-order valence-electron chi connectivity index (χ2n) is 9.30. The highest BCUT2D eigenvalue weighted by atomic mass is 35.5. The molecule has 2 aromatic rings. The number of imide groups is 1. The molecule has 1 saturated heterocycles. The molecule has 222 valence electrons. The number of carbonyl (C=O) groups is 5. The number of halogens is 1. The molecular weight excluding hydrogens is 576 g/mol. The van der Waals surface area contributed by atoms with E-state index in [4.69, 9.17) is 31.5 Å². The minimum Gasteiger partial charge on any atom is -0.454 e. The van der Waals surface area contributed by atoms with Gasteiger partial charge in [0, 0.05) is 24.5 Å².